The van der Waals surface area contributed by atoms with Gasteiger partial charge in [-0.1, -0.05) is 35.5 Å². The normalized spacial score (nSPS) is 10.4. The number of hydrogen-bond donors (Lipinski definition) is 0. The molecule has 1 aromatic carbocycles. The van der Waals surface area contributed by atoms with Gasteiger partial charge < -0.3 is 0 Å². The molecular weight excluding hydrogens is 308 g/mol. The highest BCUT2D eigenvalue weighted by molar-refractivity contribution is 9.10. The van der Waals surface area contributed by atoms with Gasteiger partial charge >= 0.3 is 0 Å². The van der Waals surface area contributed by atoms with Crippen LogP contribution in [0.15, 0.2) is 46.3 Å². The van der Waals surface area contributed by atoms with E-state index in [2.05, 4.69) is 25.9 Å². The standard InChI is InChI=1S/C11H8BrClN2S/c12-9-5-14-11(15-6-9)16-7-8-1-3-10(13)4-2-8/h1-6H,7H2. The maximum atomic E-state index is 5.81. The van der Waals surface area contributed by atoms with Crippen molar-refractivity contribution < 1.29 is 0 Å². The number of hydrogen-bond acceptors (Lipinski definition) is 3. The monoisotopic (exact) mass is 314 g/mol. The fraction of sp³-hybridized carbons (Fsp3) is 0.0909. The zero-order valence-corrected chi connectivity index (χ0v) is 11.4. The van der Waals surface area contributed by atoms with Gasteiger partial charge in [-0.25, -0.2) is 9.97 Å². The molecule has 2 rings (SSSR count). The Hall–Kier alpha value is -0.580. The Kier molecular flexibility index (Phi) is 4.21. The summed E-state index contributed by atoms with van der Waals surface area (Å²) in [6.07, 6.45) is 3.49. The van der Waals surface area contributed by atoms with Crippen LogP contribution in [0.1, 0.15) is 5.56 Å². The Morgan fingerprint density at radius 3 is 2.38 bits per heavy atom. The fourth-order valence-electron chi connectivity index (χ4n) is 1.10. The van der Waals surface area contributed by atoms with E-state index in [0.29, 0.717) is 0 Å². The Morgan fingerprint density at radius 1 is 1.12 bits per heavy atom. The van der Waals surface area contributed by atoms with Gasteiger partial charge in [0, 0.05) is 23.2 Å². The number of thioether (sulfide) groups is 1. The predicted octanol–water partition coefficient (Wildman–Crippen LogP) is 4.18. The number of benzene rings is 1. The molecule has 0 atom stereocenters. The number of nitrogens with zero attached hydrogens (tertiary/aromatic N) is 2. The first kappa shape index (κ1) is 11.9. The largest absolute Gasteiger partial charge is 0.230 e. The van der Waals surface area contributed by atoms with E-state index in [1.54, 1.807) is 24.2 Å². The molecule has 0 saturated heterocycles. The van der Waals surface area contributed by atoms with Crippen LogP contribution in [0.3, 0.4) is 0 Å². The molecule has 0 N–H and O–H groups in total. The fourth-order valence-corrected chi connectivity index (χ4v) is 2.18. The van der Waals surface area contributed by atoms with Crippen molar-refractivity contribution >= 4 is 39.3 Å². The first-order valence-corrected chi connectivity index (χ1v) is 6.74. The molecule has 0 spiro atoms. The minimum Gasteiger partial charge on any atom is -0.230 e. The van der Waals surface area contributed by atoms with Crippen LogP contribution < -0.4 is 0 Å². The van der Waals surface area contributed by atoms with Crippen LogP contribution in [0.5, 0.6) is 0 Å². The topological polar surface area (TPSA) is 25.8 Å². The van der Waals surface area contributed by atoms with Crippen LogP contribution in [-0.2, 0) is 5.75 Å². The van der Waals surface area contributed by atoms with Gasteiger partial charge in [-0.2, -0.15) is 0 Å². The number of halogens is 2. The Balaban J connectivity index is 1.97. The van der Waals surface area contributed by atoms with Crippen LogP contribution in [0.4, 0.5) is 0 Å². The summed E-state index contributed by atoms with van der Waals surface area (Å²) >= 11 is 10.7. The zero-order chi connectivity index (χ0) is 11.4. The van der Waals surface area contributed by atoms with E-state index in [4.69, 9.17) is 11.6 Å². The Labute approximate surface area is 112 Å². The Morgan fingerprint density at radius 2 is 1.75 bits per heavy atom. The van der Waals surface area contributed by atoms with Crippen molar-refractivity contribution in [1.82, 2.24) is 9.97 Å². The third-order valence-corrected chi connectivity index (χ3v) is 3.49. The van der Waals surface area contributed by atoms with Crippen LogP contribution in [-0.4, -0.2) is 9.97 Å². The van der Waals surface area contributed by atoms with E-state index in [-0.39, 0.29) is 0 Å². The predicted molar refractivity (Wildman–Crippen MR) is 70.7 cm³/mol. The molecule has 0 aliphatic rings. The van der Waals surface area contributed by atoms with E-state index in [1.807, 2.05) is 24.3 Å². The quantitative estimate of drug-likeness (QED) is 0.627. The summed E-state index contributed by atoms with van der Waals surface area (Å²) in [4.78, 5) is 8.38. The molecule has 0 radical (unpaired) electrons. The summed E-state index contributed by atoms with van der Waals surface area (Å²) in [5, 5.41) is 1.53. The second-order valence-corrected chi connectivity index (χ2v) is 5.39. The average Bonchev–Trinajstić information content (AvgIpc) is 2.30. The van der Waals surface area contributed by atoms with Crippen molar-refractivity contribution in [2.45, 2.75) is 10.9 Å². The van der Waals surface area contributed by atoms with Gasteiger partial charge in [-0.3, -0.25) is 0 Å². The minimum atomic E-state index is 0.758. The molecule has 0 bridgehead atoms. The molecule has 0 unspecified atom stereocenters. The smallest absolute Gasteiger partial charge is 0.187 e. The SMILES string of the molecule is Clc1ccc(CSc2ncc(Br)cn2)cc1. The number of rotatable bonds is 3. The molecular formula is C11H8BrClN2S. The van der Waals surface area contributed by atoms with Gasteiger partial charge in [0.2, 0.25) is 0 Å². The second-order valence-electron chi connectivity index (χ2n) is 3.10. The molecule has 5 heteroatoms. The molecule has 82 valence electrons. The lowest BCUT2D eigenvalue weighted by molar-refractivity contribution is 0.957. The summed E-state index contributed by atoms with van der Waals surface area (Å²) in [7, 11) is 0. The van der Waals surface area contributed by atoms with Crippen molar-refractivity contribution in [2.75, 3.05) is 0 Å². The lowest BCUT2D eigenvalue weighted by atomic mass is 10.2. The number of aromatic nitrogens is 2. The molecule has 2 nitrogen and oxygen atoms in total. The summed E-state index contributed by atoms with van der Waals surface area (Å²) in [5.41, 5.74) is 1.21. The summed E-state index contributed by atoms with van der Waals surface area (Å²) < 4.78 is 0.892. The maximum Gasteiger partial charge on any atom is 0.187 e. The van der Waals surface area contributed by atoms with Gasteiger partial charge in [0.15, 0.2) is 5.16 Å². The van der Waals surface area contributed by atoms with Crippen molar-refractivity contribution in [1.29, 1.82) is 0 Å². The highest BCUT2D eigenvalue weighted by Gasteiger charge is 1.99. The van der Waals surface area contributed by atoms with Gasteiger partial charge in [0.1, 0.15) is 0 Å². The summed E-state index contributed by atoms with van der Waals surface area (Å²) in [6, 6.07) is 7.79. The van der Waals surface area contributed by atoms with Crippen molar-refractivity contribution in [3.05, 3.63) is 51.7 Å². The van der Waals surface area contributed by atoms with E-state index in [1.165, 1.54) is 5.56 Å². The van der Waals surface area contributed by atoms with Crippen molar-refractivity contribution in [2.24, 2.45) is 0 Å². The molecule has 0 fully saturated rings. The van der Waals surface area contributed by atoms with Crippen molar-refractivity contribution in [3.63, 3.8) is 0 Å². The van der Waals surface area contributed by atoms with Crippen molar-refractivity contribution in [3.8, 4) is 0 Å². The van der Waals surface area contributed by atoms with Crippen LogP contribution in [0.2, 0.25) is 5.02 Å². The van der Waals surface area contributed by atoms with E-state index >= 15 is 0 Å². The first-order valence-electron chi connectivity index (χ1n) is 4.59. The molecule has 0 saturated carbocycles. The molecule has 1 heterocycles. The molecule has 2 aromatic rings. The second kappa shape index (κ2) is 5.66. The highest BCUT2D eigenvalue weighted by atomic mass is 79.9. The summed E-state index contributed by atoms with van der Waals surface area (Å²) in [6.45, 7) is 0. The third-order valence-electron chi connectivity index (χ3n) is 1.88. The van der Waals surface area contributed by atoms with Gasteiger partial charge in [0.05, 0.1) is 4.47 Å². The lowest BCUT2D eigenvalue weighted by Crippen LogP contribution is -1.86. The van der Waals surface area contributed by atoms with Gasteiger partial charge in [-0.15, -0.1) is 0 Å². The Bertz CT molecular complexity index is 413. The van der Waals surface area contributed by atoms with Crippen LogP contribution in [0.25, 0.3) is 0 Å². The van der Waals surface area contributed by atoms with Crippen LogP contribution in [0, 0.1) is 0 Å². The van der Waals surface area contributed by atoms with Gasteiger partial charge in [0.25, 0.3) is 0 Å². The summed E-state index contributed by atoms with van der Waals surface area (Å²) in [5.74, 6) is 0.846. The van der Waals surface area contributed by atoms with E-state index < -0.39 is 0 Å². The first-order chi connectivity index (χ1) is 7.74. The average molecular weight is 316 g/mol. The molecule has 0 amide bonds. The molecule has 0 aliphatic carbocycles. The molecule has 16 heavy (non-hydrogen) atoms. The lowest BCUT2D eigenvalue weighted by Gasteiger charge is -2.00. The zero-order valence-electron chi connectivity index (χ0n) is 8.23. The molecule has 1 aromatic heterocycles. The van der Waals surface area contributed by atoms with E-state index in [9.17, 15) is 0 Å². The molecule has 0 aliphatic heterocycles. The van der Waals surface area contributed by atoms with Gasteiger partial charge in [-0.05, 0) is 33.6 Å². The van der Waals surface area contributed by atoms with E-state index in [0.717, 1.165) is 20.4 Å². The van der Waals surface area contributed by atoms with Crippen LogP contribution >= 0.6 is 39.3 Å². The minimum absolute atomic E-state index is 0.758. The highest BCUT2D eigenvalue weighted by Crippen LogP contribution is 2.20. The third kappa shape index (κ3) is 3.47. The maximum absolute atomic E-state index is 5.81.